The molecule has 174 valence electrons. The van der Waals surface area contributed by atoms with Crippen LogP contribution in [-0.2, 0) is 9.53 Å². The molecule has 10 heteroatoms. The van der Waals surface area contributed by atoms with Crippen molar-refractivity contribution >= 4 is 40.6 Å². The number of likely N-dealkylation sites (tertiary alicyclic amines) is 1. The molecule has 1 aliphatic heterocycles. The number of hydrogen-bond acceptors (Lipinski definition) is 7. The topological polar surface area (TPSA) is 101 Å². The maximum absolute atomic E-state index is 13.1. The number of ether oxygens (including phenoxy) is 1. The Morgan fingerprint density at radius 2 is 2.00 bits per heavy atom. The summed E-state index contributed by atoms with van der Waals surface area (Å²) in [6, 6.07) is 3.96. The van der Waals surface area contributed by atoms with Crippen LogP contribution in [0.15, 0.2) is 17.5 Å². The number of aromatic nitrogens is 1. The van der Waals surface area contributed by atoms with Crippen LogP contribution in [0, 0.1) is 12.8 Å². The number of thiophene rings is 1. The molecule has 0 saturated carbocycles. The number of rotatable bonds is 6. The predicted molar refractivity (Wildman–Crippen MR) is 126 cm³/mol. The molecule has 32 heavy (non-hydrogen) atoms. The van der Waals surface area contributed by atoms with Crippen molar-refractivity contribution in [2.45, 2.75) is 46.1 Å². The minimum absolute atomic E-state index is 0.0631. The van der Waals surface area contributed by atoms with E-state index in [4.69, 9.17) is 4.74 Å². The molecular formula is C22H30N4O4S2. The van der Waals surface area contributed by atoms with Crippen molar-refractivity contribution in [1.29, 1.82) is 0 Å². The molecule has 0 aromatic carbocycles. The van der Waals surface area contributed by atoms with E-state index >= 15 is 0 Å². The van der Waals surface area contributed by atoms with Crippen LogP contribution in [-0.4, -0.2) is 59.6 Å². The van der Waals surface area contributed by atoms with E-state index in [1.54, 1.807) is 37.0 Å². The van der Waals surface area contributed by atoms with Crippen LogP contribution in [0.3, 0.4) is 0 Å². The van der Waals surface area contributed by atoms with Crippen LogP contribution in [0.4, 0.5) is 4.79 Å². The molecule has 3 heterocycles. The Labute approximate surface area is 196 Å². The molecule has 2 N–H and O–H groups in total. The summed E-state index contributed by atoms with van der Waals surface area (Å²) in [7, 11) is 0. The number of aryl methyl sites for hydroxylation is 1. The summed E-state index contributed by atoms with van der Waals surface area (Å²) in [5, 5.41) is 8.31. The van der Waals surface area contributed by atoms with Gasteiger partial charge in [0.05, 0.1) is 16.5 Å². The van der Waals surface area contributed by atoms with E-state index in [1.165, 1.54) is 11.3 Å². The average Bonchev–Trinajstić information content (AvgIpc) is 3.39. The van der Waals surface area contributed by atoms with E-state index in [1.807, 2.05) is 24.4 Å². The number of carbonyl (C=O) groups is 3. The Morgan fingerprint density at radius 1 is 1.25 bits per heavy atom. The van der Waals surface area contributed by atoms with Crippen molar-refractivity contribution < 1.29 is 19.1 Å². The maximum Gasteiger partial charge on any atom is 0.407 e. The lowest BCUT2D eigenvalue weighted by molar-refractivity contribution is -0.126. The third-order valence-electron chi connectivity index (χ3n) is 4.89. The van der Waals surface area contributed by atoms with Crippen molar-refractivity contribution in [1.82, 2.24) is 20.5 Å². The van der Waals surface area contributed by atoms with Gasteiger partial charge in [0, 0.05) is 26.2 Å². The summed E-state index contributed by atoms with van der Waals surface area (Å²) >= 11 is 3.01. The van der Waals surface area contributed by atoms with Gasteiger partial charge in [0.2, 0.25) is 5.91 Å². The van der Waals surface area contributed by atoms with Crippen LogP contribution in [0.2, 0.25) is 0 Å². The minimum atomic E-state index is -0.563. The van der Waals surface area contributed by atoms with E-state index in [0.717, 1.165) is 28.4 Å². The standard InChI is InChI=1S/C22H30N4O4S2/c1-14-17(32-19(25-14)16-8-6-12-31-16)20(28)26-11-5-7-15(13-26)18(27)23-9-10-24-21(29)30-22(2,3)4/h6,8,12,15H,5,7,9-11,13H2,1-4H3,(H,23,27)(H,24,29). The molecule has 0 aliphatic carbocycles. The quantitative estimate of drug-likeness (QED) is 0.617. The lowest BCUT2D eigenvalue weighted by Crippen LogP contribution is -2.46. The molecule has 3 rings (SSSR count). The number of nitrogens with zero attached hydrogens (tertiary/aromatic N) is 2. The highest BCUT2D eigenvalue weighted by atomic mass is 32.1. The zero-order valence-corrected chi connectivity index (χ0v) is 20.5. The van der Waals surface area contributed by atoms with Gasteiger partial charge in [0.1, 0.15) is 15.5 Å². The lowest BCUT2D eigenvalue weighted by Gasteiger charge is -2.31. The van der Waals surface area contributed by atoms with Gasteiger partial charge in [-0.3, -0.25) is 9.59 Å². The molecular weight excluding hydrogens is 448 g/mol. The fraction of sp³-hybridized carbons (Fsp3) is 0.545. The number of nitrogens with one attached hydrogen (secondary N) is 2. The van der Waals surface area contributed by atoms with Gasteiger partial charge in [-0.05, 0) is 52.0 Å². The van der Waals surface area contributed by atoms with Gasteiger partial charge < -0.3 is 20.3 Å². The zero-order valence-electron chi connectivity index (χ0n) is 18.9. The second-order valence-corrected chi connectivity index (χ2v) is 10.7. The third-order valence-corrected chi connectivity index (χ3v) is 7.08. The third kappa shape index (κ3) is 6.52. The van der Waals surface area contributed by atoms with Crippen LogP contribution in [0.25, 0.3) is 9.88 Å². The van der Waals surface area contributed by atoms with Crippen molar-refractivity contribution in [3.8, 4) is 9.88 Å². The van der Waals surface area contributed by atoms with Crippen molar-refractivity contribution in [3.63, 3.8) is 0 Å². The molecule has 1 aliphatic rings. The Morgan fingerprint density at radius 3 is 2.69 bits per heavy atom. The monoisotopic (exact) mass is 478 g/mol. The second-order valence-electron chi connectivity index (χ2n) is 8.72. The largest absolute Gasteiger partial charge is 0.444 e. The van der Waals surface area contributed by atoms with Crippen LogP contribution >= 0.6 is 22.7 Å². The van der Waals surface area contributed by atoms with Crippen LogP contribution in [0.1, 0.15) is 49.0 Å². The van der Waals surface area contributed by atoms with Gasteiger partial charge in [-0.2, -0.15) is 0 Å². The molecule has 0 radical (unpaired) electrons. The second kappa shape index (κ2) is 10.4. The highest BCUT2D eigenvalue weighted by Crippen LogP contribution is 2.32. The first-order valence-corrected chi connectivity index (χ1v) is 12.4. The lowest BCUT2D eigenvalue weighted by atomic mass is 9.97. The van der Waals surface area contributed by atoms with Gasteiger partial charge in [0.15, 0.2) is 0 Å². The summed E-state index contributed by atoms with van der Waals surface area (Å²) in [5.41, 5.74) is 0.162. The summed E-state index contributed by atoms with van der Waals surface area (Å²) < 4.78 is 5.17. The van der Waals surface area contributed by atoms with Gasteiger partial charge >= 0.3 is 6.09 Å². The first kappa shape index (κ1) is 24.2. The molecule has 8 nitrogen and oxygen atoms in total. The molecule has 1 atom stereocenters. The highest BCUT2D eigenvalue weighted by molar-refractivity contribution is 7.22. The molecule has 0 spiro atoms. The van der Waals surface area contributed by atoms with E-state index in [2.05, 4.69) is 15.6 Å². The molecule has 1 saturated heterocycles. The number of alkyl carbamates (subject to hydrolysis) is 1. The SMILES string of the molecule is Cc1nc(-c2cccs2)sc1C(=O)N1CCCC(C(=O)NCCNC(=O)OC(C)(C)C)C1. The number of amides is 3. The number of hydrogen-bond donors (Lipinski definition) is 2. The van der Waals surface area contributed by atoms with Crippen molar-refractivity contribution in [2.24, 2.45) is 5.92 Å². The van der Waals surface area contributed by atoms with E-state index < -0.39 is 11.7 Å². The number of piperidine rings is 1. The number of thiazole rings is 1. The van der Waals surface area contributed by atoms with Crippen LogP contribution in [0.5, 0.6) is 0 Å². The van der Waals surface area contributed by atoms with Crippen molar-refractivity contribution in [3.05, 3.63) is 28.1 Å². The first-order chi connectivity index (χ1) is 15.1. The summed E-state index contributed by atoms with van der Waals surface area (Å²) in [4.78, 5) is 45.4. The Balaban J connectivity index is 1.50. The zero-order chi connectivity index (χ0) is 23.3. The molecule has 3 amide bonds. The smallest absolute Gasteiger partial charge is 0.407 e. The Bertz CT molecular complexity index is 950. The minimum Gasteiger partial charge on any atom is -0.444 e. The molecule has 2 aromatic rings. The first-order valence-electron chi connectivity index (χ1n) is 10.7. The van der Waals surface area contributed by atoms with Gasteiger partial charge in [-0.15, -0.1) is 22.7 Å². The van der Waals surface area contributed by atoms with Gasteiger partial charge in [-0.1, -0.05) is 6.07 Å². The normalized spacial score (nSPS) is 16.5. The fourth-order valence-electron chi connectivity index (χ4n) is 3.43. The summed E-state index contributed by atoms with van der Waals surface area (Å²) in [6.07, 6.45) is 0.996. The summed E-state index contributed by atoms with van der Waals surface area (Å²) in [5.74, 6) is -0.431. The predicted octanol–water partition coefficient (Wildman–Crippen LogP) is 3.67. The number of carbonyl (C=O) groups excluding carboxylic acids is 3. The Kier molecular flexibility index (Phi) is 7.89. The van der Waals surface area contributed by atoms with Gasteiger partial charge in [0.25, 0.3) is 5.91 Å². The Hall–Kier alpha value is -2.46. The molecule has 0 bridgehead atoms. The fourth-order valence-corrected chi connectivity index (χ4v) is 5.26. The molecule has 2 aromatic heterocycles. The molecule has 1 unspecified atom stereocenters. The molecule has 1 fully saturated rings. The highest BCUT2D eigenvalue weighted by Gasteiger charge is 2.30. The van der Waals surface area contributed by atoms with E-state index in [0.29, 0.717) is 24.5 Å². The maximum atomic E-state index is 13.1. The summed E-state index contributed by atoms with van der Waals surface area (Å²) in [6.45, 7) is 8.84. The van der Waals surface area contributed by atoms with E-state index in [-0.39, 0.29) is 24.3 Å². The van der Waals surface area contributed by atoms with Gasteiger partial charge in [-0.25, -0.2) is 9.78 Å². The van der Waals surface area contributed by atoms with E-state index in [9.17, 15) is 14.4 Å². The van der Waals surface area contributed by atoms with Crippen molar-refractivity contribution in [2.75, 3.05) is 26.2 Å². The van der Waals surface area contributed by atoms with Crippen LogP contribution < -0.4 is 10.6 Å². The average molecular weight is 479 g/mol.